The van der Waals surface area contributed by atoms with Crippen LogP contribution in [0.5, 0.6) is 5.75 Å². The molecule has 106 valence electrons. The predicted octanol–water partition coefficient (Wildman–Crippen LogP) is 5.21. The van der Waals surface area contributed by atoms with Crippen LogP contribution >= 0.6 is 31.9 Å². The number of hydrogen-bond donors (Lipinski definition) is 0. The van der Waals surface area contributed by atoms with E-state index in [4.69, 9.17) is 9.47 Å². The number of aryl methyl sites for hydroxylation is 1. The highest BCUT2D eigenvalue weighted by Gasteiger charge is 2.08. The van der Waals surface area contributed by atoms with E-state index in [2.05, 4.69) is 31.9 Å². The highest BCUT2D eigenvalue weighted by Crippen LogP contribution is 2.29. The van der Waals surface area contributed by atoms with E-state index in [1.165, 1.54) is 0 Å². The molecule has 20 heavy (non-hydrogen) atoms. The number of halogens is 2. The van der Waals surface area contributed by atoms with Crippen molar-refractivity contribution < 1.29 is 9.47 Å². The van der Waals surface area contributed by atoms with Crippen molar-refractivity contribution in [3.63, 3.8) is 0 Å². The lowest BCUT2D eigenvalue weighted by molar-refractivity contribution is 0.00428. The molecular weight excluding hydrogens is 384 g/mol. The van der Waals surface area contributed by atoms with Crippen LogP contribution in [-0.4, -0.2) is 6.79 Å². The van der Waals surface area contributed by atoms with Crippen LogP contribution in [0, 0.1) is 6.92 Å². The van der Waals surface area contributed by atoms with Gasteiger partial charge < -0.3 is 9.47 Å². The maximum atomic E-state index is 5.76. The molecular formula is C16H16Br2O2. The lowest BCUT2D eigenvalue weighted by Gasteiger charge is -2.14. The van der Waals surface area contributed by atoms with Crippen molar-refractivity contribution >= 4 is 31.9 Å². The van der Waals surface area contributed by atoms with Gasteiger partial charge in [0.15, 0.2) is 6.79 Å². The summed E-state index contributed by atoms with van der Waals surface area (Å²) in [4.78, 5) is 0. The van der Waals surface area contributed by atoms with Gasteiger partial charge in [-0.2, -0.15) is 0 Å². The Kier molecular flexibility index (Phi) is 6.07. The van der Waals surface area contributed by atoms with Gasteiger partial charge in [-0.3, -0.25) is 0 Å². The second kappa shape index (κ2) is 7.81. The molecule has 0 heterocycles. The summed E-state index contributed by atoms with van der Waals surface area (Å²) in [5.74, 6) is 0.887. The Balaban J connectivity index is 1.91. The first-order valence-corrected chi connectivity index (χ1v) is 8.21. The van der Waals surface area contributed by atoms with Crippen LogP contribution in [0.25, 0.3) is 0 Å². The van der Waals surface area contributed by atoms with Crippen LogP contribution < -0.4 is 4.74 Å². The summed E-state index contributed by atoms with van der Waals surface area (Å²) in [5, 5.41) is 0.751. The number of rotatable bonds is 6. The third kappa shape index (κ3) is 4.33. The number of hydrogen-bond acceptors (Lipinski definition) is 2. The van der Waals surface area contributed by atoms with Crippen molar-refractivity contribution in [2.24, 2.45) is 0 Å². The van der Waals surface area contributed by atoms with Crippen molar-refractivity contribution in [1.82, 2.24) is 0 Å². The maximum absolute atomic E-state index is 5.76. The lowest BCUT2D eigenvalue weighted by Crippen LogP contribution is -2.05. The summed E-state index contributed by atoms with van der Waals surface area (Å²) in [7, 11) is 0. The van der Waals surface area contributed by atoms with E-state index in [9.17, 15) is 0 Å². The minimum Gasteiger partial charge on any atom is -0.467 e. The molecule has 2 nitrogen and oxygen atoms in total. The summed E-state index contributed by atoms with van der Waals surface area (Å²) in [6.07, 6.45) is 0. The molecule has 2 rings (SSSR count). The monoisotopic (exact) mass is 398 g/mol. The van der Waals surface area contributed by atoms with Crippen molar-refractivity contribution in [1.29, 1.82) is 0 Å². The van der Waals surface area contributed by atoms with Gasteiger partial charge in [-0.25, -0.2) is 0 Å². The second-order valence-electron chi connectivity index (χ2n) is 4.44. The molecule has 0 N–H and O–H groups in total. The van der Waals surface area contributed by atoms with E-state index in [1.54, 1.807) is 0 Å². The van der Waals surface area contributed by atoms with E-state index in [1.807, 2.05) is 49.4 Å². The molecule has 0 bridgehead atoms. The maximum Gasteiger partial charge on any atom is 0.189 e. The van der Waals surface area contributed by atoms with Gasteiger partial charge in [0.1, 0.15) is 5.75 Å². The average molecular weight is 400 g/mol. The van der Waals surface area contributed by atoms with Crippen LogP contribution in [0.15, 0.2) is 46.9 Å². The highest BCUT2D eigenvalue weighted by atomic mass is 79.9. The van der Waals surface area contributed by atoms with Crippen molar-refractivity contribution in [3.8, 4) is 5.75 Å². The topological polar surface area (TPSA) is 18.5 Å². The van der Waals surface area contributed by atoms with Gasteiger partial charge in [0.05, 0.1) is 6.61 Å². The molecule has 0 fully saturated rings. The Hall–Kier alpha value is -0.840. The molecule has 0 saturated heterocycles. The molecule has 0 radical (unpaired) electrons. The molecule has 0 atom stereocenters. The first-order valence-electron chi connectivity index (χ1n) is 6.30. The van der Waals surface area contributed by atoms with Gasteiger partial charge in [0.25, 0.3) is 0 Å². The number of benzene rings is 2. The molecule has 0 aliphatic rings. The van der Waals surface area contributed by atoms with Gasteiger partial charge in [-0.1, -0.05) is 62.2 Å². The zero-order valence-electron chi connectivity index (χ0n) is 11.2. The zero-order chi connectivity index (χ0) is 14.4. The van der Waals surface area contributed by atoms with Crippen LogP contribution in [0.4, 0.5) is 0 Å². The SMILES string of the molecule is Cc1cc(Br)cc(CBr)c1OCOCc1ccccc1. The Labute approximate surface area is 136 Å². The second-order valence-corrected chi connectivity index (χ2v) is 5.92. The summed E-state index contributed by atoms with van der Waals surface area (Å²) >= 11 is 6.97. The molecule has 2 aromatic carbocycles. The molecule has 0 aliphatic heterocycles. The first-order chi connectivity index (χ1) is 9.70. The Bertz CT molecular complexity index is 556. The van der Waals surface area contributed by atoms with Gasteiger partial charge in [0, 0.05) is 15.4 Å². The molecule has 0 aromatic heterocycles. The first kappa shape index (κ1) is 15.5. The summed E-state index contributed by atoms with van der Waals surface area (Å²) in [6, 6.07) is 14.2. The molecule has 0 amide bonds. The molecule has 0 saturated carbocycles. The highest BCUT2D eigenvalue weighted by molar-refractivity contribution is 9.10. The van der Waals surface area contributed by atoms with Crippen molar-refractivity contribution in [2.75, 3.05) is 6.79 Å². The minimum absolute atomic E-state index is 0.247. The van der Waals surface area contributed by atoms with Crippen LogP contribution in [0.3, 0.4) is 0 Å². The van der Waals surface area contributed by atoms with E-state index in [0.29, 0.717) is 6.61 Å². The molecule has 2 aromatic rings. The van der Waals surface area contributed by atoms with Gasteiger partial charge in [0.2, 0.25) is 0 Å². The Morgan fingerprint density at radius 1 is 1.10 bits per heavy atom. The number of ether oxygens (including phenoxy) is 2. The average Bonchev–Trinajstić information content (AvgIpc) is 2.45. The fourth-order valence-corrected chi connectivity index (χ4v) is 2.98. The Morgan fingerprint density at radius 3 is 2.55 bits per heavy atom. The van der Waals surface area contributed by atoms with Gasteiger partial charge >= 0.3 is 0 Å². The quantitative estimate of drug-likeness (QED) is 0.377. The molecule has 4 heteroatoms. The number of alkyl halides is 1. The smallest absolute Gasteiger partial charge is 0.189 e. The van der Waals surface area contributed by atoms with E-state index >= 15 is 0 Å². The van der Waals surface area contributed by atoms with Crippen LogP contribution in [0.2, 0.25) is 0 Å². The largest absolute Gasteiger partial charge is 0.467 e. The normalized spacial score (nSPS) is 10.6. The molecule has 0 aliphatic carbocycles. The summed E-state index contributed by atoms with van der Waals surface area (Å²) in [6.45, 7) is 2.83. The van der Waals surface area contributed by atoms with Gasteiger partial charge in [-0.05, 0) is 30.2 Å². The summed E-state index contributed by atoms with van der Waals surface area (Å²) in [5.41, 5.74) is 3.35. The van der Waals surface area contributed by atoms with E-state index in [-0.39, 0.29) is 6.79 Å². The fraction of sp³-hybridized carbons (Fsp3) is 0.250. The fourth-order valence-electron chi connectivity index (χ4n) is 1.94. The standard InChI is InChI=1S/C16H16Br2O2/c1-12-7-15(18)8-14(9-17)16(12)20-11-19-10-13-5-3-2-4-6-13/h2-8H,9-11H2,1H3. The van der Waals surface area contributed by atoms with E-state index < -0.39 is 0 Å². The van der Waals surface area contributed by atoms with Crippen LogP contribution in [-0.2, 0) is 16.7 Å². The minimum atomic E-state index is 0.247. The zero-order valence-corrected chi connectivity index (χ0v) is 14.4. The third-order valence-electron chi connectivity index (χ3n) is 2.86. The van der Waals surface area contributed by atoms with Crippen molar-refractivity contribution in [3.05, 3.63) is 63.6 Å². The Morgan fingerprint density at radius 2 is 1.85 bits per heavy atom. The predicted molar refractivity (Wildman–Crippen MR) is 88.2 cm³/mol. The molecule has 0 unspecified atom stereocenters. The lowest BCUT2D eigenvalue weighted by atomic mass is 10.1. The van der Waals surface area contributed by atoms with Crippen LogP contribution in [0.1, 0.15) is 16.7 Å². The van der Waals surface area contributed by atoms with E-state index in [0.717, 1.165) is 32.2 Å². The van der Waals surface area contributed by atoms with Gasteiger partial charge in [-0.15, -0.1) is 0 Å². The summed E-state index contributed by atoms with van der Waals surface area (Å²) < 4.78 is 12.4. The molecule has 0 spiro atoms. The van der Waals surface area contributed by atoms with Crippen molar-refractivity contribution in [2.45, 2.75) is 18.9 Å². The third-order valence-corrected chi connectivity index (χ3v) is 3.92.